The molecule has 0 aliphatic rings. The summed E-state index contributed by atoms with van der Waals surface area (Å²) in [6.07, 6.45) is 1.51. The molecule has 13 heavy (non-hydrogen) atoms. The molecule has 0 aliphatic carbocycles. The number of nitrogens with zero attached hydrogens (tertiary/aromatic N) is 1. The van der Waals surface area contributed by atoms with Crippen LogP contribution in [0, 0.1) is 0 Å². The number of carbonyl (C=O) groups is 1. The maximum absolute atomic E-state index is 9.17. The van der Waals surface area contributed by atoms with Gasteiger partial charge in [0.1, 0.15) is 6.29 Å². The number of aldehydes is 1. The number of carbonyl (C=O) groups excluding carboxylic acids is 1. The molecule has 1 aromatic rings. The summed E-state index contributed by atoms with van der Waals surface area (Å²) in [4.78, 5) is 11.3. The molecule has 72 valence electrons. The summed E-state index contributed by atoms with van der Waals surface area (Å²) in [5.41, 5.74) is 1.25. The molecule has 0 bridgehead atoms. The van der Waals surface area contributed by atoms with Crippen LogP contribution >= 0.6 is 0 Å². The molecular formula is C11H17NO. The topological polar surface area (TPSA) is 20.3 Å². The molecule has 0 aliphatic heterocycles. The van der Waals surface area contributed by atoms with Gasteiger partial charge in [-0.1, -0.05) is 25.1 Å². The minimum atomic E-state index is 0.639. The quantitative estimate of drug-likeness (QED) is 0.649. The summed E-state index contributed by atoms with van der Waals surface area (Å²) in [7, 11) is 4.07. The third-order valence-electron chi connectivity index (χ3n) is 1.44. The van der Waals surface area contributed by atoms with Gasteiger partial charge in [-0.05, 0) is 12.1 Å². The first-order valence-corrected chi connectivity index (χ1v) is 4.38. The normalized spacial score (nSPS) is 8.23. The van der Waals surface area contributed by atoms with Gasteiger partial charge in [-0.25, -0.2) is 0 Å². The highest BCUT2D eigenvalue weighted by atomic mass is 16.1. The second-order valence-corrected chi connectivity index (χ2v) is 2.80. The van der Waals surface area contributed by atoms with E-state index in [9.17, 15) is 4.79 Å². The van der Waals surface area contributed by atoms with Gasteiger partial charge in [-0.2, -0.15) is 0 Å². The molecule has 1 aromatic carbocycles. The first-order valence-electron chi connectivity index (χ1n) is 4.38. The molecule has 0 unspecified atom stereocenters. The van der Waals surface area contributed by atoms with E-state index in [2.05, 4.69) is 17.0 Å². The predicted octanol–water partition coefficient (Wildman–Crippen LogP) is 2.35. The Morgan fingerprint density at radius 1 is 1.23 bits per heavy atom. The molecule has 0 atom stereocenters. The van der Waals surface area contributed by atoms with Crippen LogP contribution in [0.4, 0.5) is 5.69 Å². The highest BCUT2D eigenvalue weighted by Crippen LogP contribution is 2.07. The van der Waals surface area contributed by atoms with Crippen LogP contribution < -0.4 is 4.90 Å². The Bertz CT molecular complexity index is 219. The average Bonchev–Trinajstić information content (AvgIpc) is 2.19. The fraction of sp³-hybridized carbons (Fsp3) is 0.364. The molecule has 0 spiro atoms. The summed E-state index contributed by atoms with van der Waals surface area (Å²) in [5.74, 6) is 0. The van der Waals surface area contributed by atoms with Crippen molar-refractivity contribution in [3.63, 3.8) is 0 Å². The highest BCUT2D eigenvalue weighted by molar-refractivity contribution is 5.48. The molecule has 0 aromatic heterocycles. The number of rotatable bonds is 2. The summed E-state index contributed by atoms with van der Waals surface area (Å²) in [5, 5.41) is 0. The van der Waals surface area contributed by atoms with Crippen molar-refractivity contribution in [1.82, 2.24) is 0 Å². The van der Waals surface area contributed by atoms with E-state index >= 15 is 0 Å². The number of para-hydroxylation sites is 1. The third kappa shape index (κ3) is 5.91. The van der Waals surface area contributed by atoms with Crippen LogP contribution in [0.5, 0.6) is 0 Å². The first kappa shape index (κ1) is 11.7. The molecular weight excluding hydrogens is 162 g/mol. The Balaban J connectivity index is 0.000000310. The predicted molar refractivity (Wildman–Crippen MR) is 57.1 cm³/mol. The highest BCUT2D eigenvalue weighted by Gasteiger charge is 1.87. The molecule has 0 amide bonds. The largest absolute Gasteiger partial charge is 0.378 e. The lowest BCUT2D eigenvalue weighted by molar-refractivity contribution is -0.107. The fourth-order valence-corrected chi connectivity index (χ4v) is 0.726. The van der Waals surface area contributed by atoms with Crippen molar-refractivity contribution in [1.29, 1.82) is 0 Å². The van der Waals surface area contributed by atoms with Crippen molar-refractivity contribution < 1.29 is 4.79 Å². The maximum Gasteiger partial charge on any atom is 0.119 e. The lowest BCUT2D eigenvalue weighted by atomic mass is 10.3. The Hall–Kier alpha value is -1.31. The number of anilines is 1. The molecule has 2 heteroatoms. The fourth-order valence-electron chi connectivity index (χ4n) is 0.726. The molecule has 0 saturated heterocycles. The molecule has 0 N–H and O–H groups in total. The third-order valence-corrected chi connectivity index (χ3v) is 1.44. The van der Waals surface area contributed by atoms with Crippen molar-refractivity contribution in [3.8, 4) is 0 Å². The van der Waals surface area contributed by atoms with Gasteiger partial charge in [0, 0.05) is 26.2 Å². The lowest BCUT2D eigenvalue weighted by Gasteiger charge is -2.10. The standard InChI is InChI=1S/C8H11N.C3H6O/c1-9(2)8-6-4-3-5-7-8;1-2-3-4/h3-7H,1-2H3;3H,2H2,1H3. The van der Waals surface area contributed by atoms with E-state index in [1.165, 1.54) is 5.69 Å². The van der Waals surface area contributed by atoms with Crippen LogP contribution in [0.3, 0.4) is 0 Å². The van der Waals surface area contributed by atoms with E-state index in [0.717, 1.165) is 6.29 Å². The Morgan fingerprint density at radius 3 is 1.92 bits per heavy atom. The van der Waals surface area contributed by atoms with Gasteiger partial charge in [0.15, 0.2) is 0 Å². The zero-order valence-corrected chi connectivity index (χ0v) is 8.53. The molecule has 0 saturated carbocycles. The van der Waals surface area contributed by atoms with Crippen molar-refractivity contribution in [2.45, 2.75) is 13.3 Å². The van der Waals surface area contributed by atoms with Crippen LogP contribution in [0.25, 0.3) is 0 Å². The summed E-state index contributed by atoms with van der Waals surface area (Å²) >= 11 is 0. The van der Waals surface area contributed by atoms with Gasteiger partial charge >= 0.3 is 0 Å². The molecule has 0 radical (unpaired) electrons. The van der Waals surface area contributed by atoms with Crippen molar-refractivity contribution in [2.24, 2.45) is 0 Å². The molecule has 1 rings (SSSR count). The lowest BCUT2D eigenvalue weighted by Crippen LogP contribution is -2.07. The number of hydrogen-bond acceptors (Lipinski definition) is 2. The van der Waals surface area contributed by atoms with Gasteiger partial charge in [0.2, 0.25) is 0 Å². The minimum absolute atomic E-state index is 0.639. The Labute approximate surface area is 80.2 Å². The second-order valence-electron chi connectivity index (χ2n) is 2.80. The Morgan fingerprint density at radius 2 is 1.69 bits per heavy atom. The first-order chi connectivity index (χ1) is 6.22. The van der Waals surface area contributed by atoms with E-state index in [1.807, 2.05) is 39.2 Å². The summed E-state index contributed by atoms with van der Waals surface area (Å²) < 4.78 is 0. The van der Waals surface area contributed by atoms with Gasteiger partial charge in [-0.3, -0.25) is 0 Å². The number of hydrogen-bond donors (Lipinski definition) is 0. The van der Waals surface area contributed by atoms with Crippen LogP contribution in [0.2, 0.25) is 0 Å². The van der Waals surface area contributed by atoms with Crippen molar-refractivity contribution >= 4 is 12.0 Å². The summed E-state index contributed by atoms with van der Waals surface area (Å²) in [6, 6.07) is 10.3. The maximum atomic E-state index is 9.17. The van der Waals surface area contributed by atoms with Crippen LogP contribution in [-0.4, -0.2) is 20.4 Å². The Kier molecular flexibility index (Phi) is 6.60. The average molecular weight is 179 g/mol. The van der Waals surface area contributed by atoms with Crippen molar-refractivity contribution in [3.05, 3.63) is 30.3 Å². The van der Waals surface area contributed by atoms with Gasteiger partial charge in [0.05, 0.1) is 0 Å². The molecule has 0 heterocycles. The van der Waals surface area contributed by atoms with Gasteiger partial charge in [-0.15, -0.1) is 0 Å². The summed E-state index contributed by atoms with van der Waals surface area (Å²) in [6.45, 7) is 1.81. The van der Waals surface area contributed by atoms with Crippen LogP contribution in [0.15, 0.2) is 30.3 Å². The van der Waals surface area contributed by atoms with E-state index in [4.69, 9.17) is 0 Å². The monoisotopic (exact) mass is 179 g/mol. The number of benzene rings is 1. The van der Waals surface area contributed by atoms with Gasteiger partial charge < -0.3 is 9.69 Å². The smallest absolute Gasteiger partial charge is 0.119 e. The molecule has 0 fully saturated rings. The zero-order chi connectivity index (χ0) is 10.1. The molecule has 2 nitrogen and oxygen atoms in total. The minimum Gasteiger partial charge on any atom is -0.378 e. The van der Waals surface area contributed by atoms with Crippen LogP contribution in [0.1, 0.15) is 13.3 Å². The van der Waals surface area contributed by atoms with E-state index < -0.39 is 0 Å². The van der Waals surface area contributed by atoms with E-state index in [-0.39, 0.29) is 0 Å². The van der Waals surface area contributed by atoms with E-state index in [1.54, 1.807) is 0 Å². The van der Waals surface area contributed by atoms with Gasteiger partial charge in [0.25, 0.3) is 0 Å². The second kappa shape index (κ2) is 7.35. The zero-order valence-electron chi connectivity index (χ0n) is 8.53. The van der Waals surface area contributed by atoms with Crippen molar-refractivity contribution in [2.75, 3.05) is 19.0 Å². The SMILES string of the molecule is CCC=O.CN(C)c1ccccc1. The van der Waals surface area contributed by atoms with Crippen LogP contribution in [-0.2, 0) is 4.79 Å². The van der Waals surface area contributed by atoms with E-state index in [0.29, 0.717) is 6.42 Å².